The van der Waals surface area contributed by atoms with Gasteiger partial charge in [-0.15, -0.1) is 0 Å². The van der Waals surface area contributed by atoms with Gasteiger partial charge >= 0.3 is 0 Å². The summed E-state index contributed by atoms with van der Waals surface area (Å²) >= 11 is 5.81. The van der Waals surface area contributed by atoms with E-state index >= 15 is 0 Å². The standard InChI is InChI=1S/C11H12ClN3O/c1-7-6-13-10(14-7)11(16)15-9-4-2-3-8(12)5-9/h2-5,7H,6H2,1H3,(H,13,14)(H,15,16). The normalized spacial score (nSPS) is 18.9. The number of halogens is 1. The van der Waals surface area contributed by atoms with Crippen molar-refractivity contribution < 1.29 is 4.79 Å². The quantitative estimate of drug-likeness (QED) is 0.822. The minimum absolute atomic E-state index is 0.222. The highest BCUT2D eigenvalue weighted by Crippen LogP contribution is 2.14. The Morgan fingerprint density at radius 1 is 1.62 bits per heavy atom. The number of carbonyl (C=O) groups excluding carboxylic acids is 1. The number of aliphatic imine (C=N–C) groups is 1. The molecule has 2 N–H and O–H groups in total. The van der Waals surface area contributed by atoms with E-state index in [1.165, 1.54) is 0 Å². The third-order valence-corrected chi connectivity index (χ3v) is 2.44. The van der Waals surface area contributed by atoms with Crippen molar-refractivity contribution in [2.45, 2.75) is 13.0 Å². The van der Waals surface area contributed by atoms with E-state index in [1.54, 1.807) is 24.3 Å². The van der Waals surface area contributed by atoms with Crippen LogP contribution in [-0.2, 0) is 4.79 Å². The van der Waals surface area contributed by atoms with Crippen LogP contribution in [0.25, 0.3) is 0 Å². The molecule has 2 rings (SSSR count). The van der Waals surface area contributed by atoms with Crippen molar-refractivity contribution in [2.75, 3.05) is 11.9 Å². The molecular weight excluding hydrogens is 226 g/mol. The average molecular weight is 238 g/mol. The molecule has 0 fully saturated rings. The predicted octanol–water partition coefficient (Wildman–Crippen LogP) is 1.67. The van der Waals surface area contributed by atoms with Gasteiger partial charge < -0.3 is 10.6 Å². The van der Waals surface area contributed by atoms with Crippen LogP contribution in [0.5, 0.6) is 0 Å². The summed E-state index contributed by atoms with van der Waals surface area (Å²) in [4.78, 5) is 15.8. The number of rotatable bonds is 2. The molecule has 0 aliphatic carbocycles. The fourth-order valence-corrected chi connectivity index (χ4v) is 1.64. The van der Waals surface area contributed by atoms with Crippen LogP contribution >= 0.6 is 11.6 Å². The lowest BCUT2D eigenvalue weighted by molar-refractivity contribution is -0.110. The first-order valence-corrected chi connectivity index (χ1v) is 5.41. The maximum Gasteiger partial charge on any atom is 0.290 e. The van der Waals surface area contributed by atoms with Gasteiger partial charge in [0.2, 0.25) is 0 Å². The van der Waals surface area contributed by atoms with Gasteiger partial charge in [0.25, 0.3) is 5.91 Å². The lowest BCUT2D eigenvalue weighted by atomic mass is 10.3. The summed E-state index contributed by atoms with van der Waals surface area (Å²) in [6.45, 7) is 2.61. The number of carbonyl (C=O) groups is 1. The fourth-order valence-electron chi connectivity index (χ4n) is 1.45. The Labute approximate surface area is 98.7 Å². The largest absolute Gasteiger partial charge is 0.361 e. The Hall–Kier alpha value is -1.55. The molecule has 1 aliphatic rings. The molecule has 0 saturated heterocycles. The van der Waals surface area contributed by atoms with Crippen molar-refractivity contribution in [3.05, 3.63) is 29.3 Å². The van der Waals surface area contributed by atoms with E-state index in [2.05, 4.69) is 15.6 Å². The molecule has 1 aliphatic heterocycles. The van der Waals surface area contributed by atoms with Gasteiger partial charge in [0.05, 0.1) is 6.54 Å². The Kier molecular flexibility index (Phi) is 3.10. The Bertz CT molecular complexity index is 445. The van der Waals surface area contributed by atoms with Gasteiger partial charge in [-0.3, -0.25) is 9.79 Å². The number of anilines is 1. The fraction of sp³-hybridized carbons (Fsp3) is 0.273. The SMILES string of the molecule is CC1CN=C(C(=O)Nc2cccc(Cl)c2)N1. The zero-order chi connectivity index (χ0) is 11.5. The molecule has 84 valence electrons. The van der Waals surface area contributed by atoms with Crippen molar-refractivity contribution in [3.63, 3.8) is 0 Å². The molecular formula is C11H12ClN3O. The molecule has 5 heteroatoms. The van der Waals surface area contributed by atoms with E-state index < -0.39 is 0 Å². The summed E-state index contributed by atoms with van der Waals surface area (Å²) in [5.41, 5.74) is 0.668. The van der Waals surface area contributed by atoms with E-state index in [9.17, 15) is 4.79 Å². The predicted molar refractivity (Wildman–Crippen MR) is 65.0 cm³/mol. The van der Waals surface area contributed by atoms with Crippen LogP contribution in [0.1, 0.15) is 6.92 Å². The summed E-state index contributed by atoms with van der Waals surface area (Å²) in [6.07, 6.45) is 0. The number of benzene rings is 1. The summed E-state index contributed by atoms with van der Waals surface area (Å²) < 4.78 is 0. The maximum absolute atomic E-state index is 11.7. The van der Waals surface area contributed by atoms with Gasteiger partial charge in [-0.05, 0) is 25.1 Å². The third-order valence-electron chi connectivity index (χ3n) is 2.20. The monoisotopic (exact) mass is 237 g/mol. The van der Waals surface area contributed by atoms with Crippen molar-refractivity contribution in [1.29, 1.82) is 0 Å². The minimum Gasteiger partial charge on any atom is -0.361 e. The van der Waals surface area contributed by atoms with Crippen molar-refractivity contribution in [2.24, 2.45) is 4.99 Å². The van der Waals surface area contributed by atoms with Gasteiger partial charge in [0, 0.05) is 16.8 Å². The summed E-state index contributed by atoms with van der Waals surface area (Å²) in [6, 6.07) is 7.23. The highest BCUT2D eigenvalue weighted by molar-refractivity contribution is 6.42. The van der Waals surface area contributed by atoms with Crippen molar-refractivity contribution in [3.8, 4) is 0 Å². The smallest absolute Gasteiger partial charge is 0.290 e. The van der Waals surface area contributed by atoms with E-state index in [1.807, 2.05) is 6.92 Å². The van der Waals surface area contributed by atoms with E-state index in [4.69, 9.17) is 11.6 Å². The molecule has 1 unspecified atom stereocenters. The number of amides is 1. The molecule has 0 bridgehead atoms. The second-order valence-electron chi connectivity index (χ2n) is 3.70. The average Bonchev–Trinajstić information content (AvgIpc) is 2.65. The number of amidine groups is 1. The molecule has 1 aromatic carbocycles. The van der Waals surface area contributed by atoms with Crippen LogP contribution in [0.2, 0.25) is 5.02 Å². The highest BCUT2D eigenvalue weighted by Gasteiger charge is 2.19. The molecule has 0 radical (unpaired) electrons. The maximum atomic E-state index is 11.7. The number of nitrogens with one attached hydrogen (secondary N) is 2. The lowest BCUT2D eigenvalue weighted by Crippen LogP contribution is -2.36. The molecule has 1 atom stereocenters. The first kappa shape index (κ1) is 11.0. The second-order valence-corrected chi connectivity index (χ2v) is 4.14. The zero-order valence-corrected chi connectivity index (χ0v) is 9.58. The summed E-state index contributed by atoms with van der Waals surface area (Å²) in [7, 11) is 0. The van der Waals surface area contributed by atoms with Crippen molar-refractivity contribution >= 4 is 29.0 Å². The van der Waals surface area contributed by atoms with Gasteiger partial charge in [-0.1, -0.05) is 17.7 Å². The zero-order valence-electron chi connectivity index (χ0n) is 8.83. The first-order chi connectivity index (χ1) is 7.65. The summed E-state index contributed by atoms with van der Waals surface area (Å²) in [5, 5.41) is 6.31. The van der Waals surface area contributed by atoms with E-state index in [-0.39, 0.29) is 11.9 Å². The Balaban J connectivity index is 2.03. The molecule has 1 heterocycles. The molecule has 0 spiro atoms. The topological polar surface area (TPSA) is 53.5 Å². The molecule has 0 aromatic heterocycles. The first-order valence-electron chi connectivity index (χ1n) is 5.03. The van der Waals surface area contributed by atoms with Crippen LogP contribution in [0, 0.1) is 0 Å². The van der Waals surface area contributed by atoms with Crippen LogP contribution in [0.3, 0.4) is 0 Å². The number of nitrogens with zero attached hydrogens (tertiary/aromatic N) is 1. The van der Waals surface area contributed by atoms with E-state index in [0.29, 0.717) is 23.1 Å². The van der Waals surface area contributed by atoms with Gasteiger partial charge in [0.15, 0.2) is 5.84 Å². The molecule has 0 saturated carbocycles. The lowest BCUT2D eigenvalue weighted by Gasteiger charge is -2.07. The molecule has 1 aromatic rings. The second kappa shape index (κ2) is 4.53. The third kappa shape index (κ3) is 2.52. The van der Waals surface area contributed by atoms with Gasteiger partial charge in [-0.25, -0.2) is 0 Å². The molecule has 4 nitrogen and oxygen atoms in total. The van der Waals surface area contributed by atoms with Gasteiger partial charge in [-0.2, -0.15) is 0 Å². The summed E-state index contributed by atoms with van der Waals surface area (Å²) in [5.74, 6) is 0.152. The van der Waals surface area contributed by atoms with Crippen LogP contribution in [0.15, 0.2) is 29.3 Å². The van der Waals surface area contributed by atoms with Crippen LogP contribution in [0.4, 0.5) is 5.69 Å². The molecule has 1 amide bonds. The van der Waals surface area contributed by atoms with Gasteiger partial charge in [0.1, 0.15) is 0 Å². The number of hydrogen-bond donors (Lipinski definition) is 2. The minimum atomic E-state index is -0.230. The van der Waals surface area contributed by atoms with Crippen LogP contribution in [-0.4, -0.2) is 24.3 Å². The van der Waals surface area contributed by atoms with Crippen molar-refractivity contribution in [1.82, 2.24) is 5.32 Å². The van der Waals surface area contributed by atoms with Crippen LogP contribution < -0.4 is 10.6 Å². The van der Waals surface area contributed by atoms with E-state index in [0.717, 1.165) is 0 Å². The highest BCUT2D eigenvalue weighted by atomic mass is 35.5. The number of hydrogen-bond acceptors (Lipinski definition) is 3. The Morgan fingerprint density at radius 3 is 3.06 bits per heavy atom. The Morgan fingerprint density at radius 2 is 2.44 bits per heavy atom. The molecule has 16 heavy (non-hydrogen) atoms.